The fourth-order valence-corrected chi connectivity index (χ4v) is 5.43. The van der Waals surface area contributed by atoms with Gasteiger partial charge in [0.05, 0.1) is 39.9 Å². The van der Waals surface area contributed by atoms with Gasteiger partial charge in [0, 0.05) is 37.9 Å². The Labute approximate surface area is 230 Å². The molecule has 3 aromatic carbocycles. The van der Waals surface area contributed by atoms with Crippen molar-refractivity contribution in [2.45, 2.75) is 17.4 Å². The molecule has 1 spiro atoms. The van der Waals surface area contributed by atoms with Crippen LogP contribution >= 0.6 is 46.4 Å². The number of nitriles is 4. The van der Waals surface area contributed by atoms with Crippen LogP contribution < -0.4 is 4.74 Å². The van der Waals surface area contributed by atoms with Gasteiger partial charge in [0.2, 0.25) is 0 Å². The molecule has 3 aromatic rings. The molecular formula is C26H8Cl4N4O3. The summed E-state index contributed by atoms with van der Waals surface area (Å²) in [5.41, 5.74) is -0.235. The second-order valence-electron chi connectivity index (χ2n) is 8.11. The summed E-state index contributed by atoms with van der Waals surface area (Å²) in [7, 11) is 0. The molecule has 0 N–H and O–H groups in total. The number of hydrogen-bond donors (Lipinski definition) is 0. The zero-order valence-electron chi connectivity index (χ0n) is 18.1. The number of halogens is 4. The van der Waals surface area contributed by atoms with Crippen LogP contribution in [0.3, 0.4) is 0 Å². The monoisotopic (exact) mass is 564 g/mol. The Kier molecular flexibility index (Phi) is 5.92. The molecule has 0 fully saturated rings. The molecule has 0 aromatic heterocycles. The van der Waals surface area contributed by atoms with Crippen molar-refractivity contribution < 1.29 is 14.3 Å². The van der Waals surface area contributed by atoms with Crippen LogP contribution in [-0.4, -0.2) is 5.97 Å². The largest absolute Gasteiger partial charge is 0.456 e. The molecule has 0 bridgehead atoms. The Hall–Kier alpha value is -3.95. The van der Waals surface area contributed by atoms with E-state index in [-0.39, 0.29) is 59.4 Å². The van der Waals surface area contributed by atoms with Crippen LogP contribution in [0.1, 0.15) is 50.0 Å². The molecule has 37 heavy (non-hydrogen) atoms. The van der Waals surface area contributed by atoms with Crippen molar-refractivity contribution in [3.8, 4) is 35.8 Å². The van der Waals surface area contributed by atoms with Gasteiger partial charge in [-0.1, -0.05) is 46.4 Å². The van der Waals surface area contributed by atoms with E-state index < -0.39 is 23.4 Å². The highest BCUT2D eigenvalue weighted by atomic mass is 35.5. The molecule has 0 saturated carbocycles. The average molecular weight is 566 g/mol. The summed E-state index contributed by atoms with van der Waals surface area (Å²) in [4.78, 5) is 13.1. The summed E-state index contributed by atoms with van der Waals surface area (Å²) in [5.74, 6) is -2.84. The van der Waals surface area contributed by atoms with Crippen LogP contribution in [0.2, 0.25) is 20.1 Å². The van der Waals surface area contributed by atoms with Gasteiger partial charge in [-0.25, -0.2) is 4.79 Å². The van der Waals surface area contributed by atoms with E-state index in [9.17, 15) is 25.8 Å². The molecule has 0 amide bonds. The Morgan fingerprint density at radius 1 is 0.649 bits per heavy atom. The number of carbonyl (C=O) groups is 1. The molecule has 2 aliphatic rings. The van der Waals surface area contributed by atoms with Gasteiger partial charge in [0.25, 0.3) is 0 Å². The van der Waals surface area contributed by atoms with E-state index in [1.54, 1.807) is 0 Å². The average Bonchev–Trinajstić information content (AvgIpc) is 3.14. The van der Waals surface area contributed by atoms with Gasteiger partial charge in [-0.15, -0.1) is 0 Å². The summed E-state index contributed by atoms with van der Waals surface area (Å²) in [6.07, 6.45) is 0. The topological polar surface area (TPSA) is 131 Å². The molecule has 0 saturated heterocycles. The van der Waals surface area contributed by atoms with E-state index in [4.69, 9.17) is 55.9 Å². The second-order valence-corrected chi connectivity index (χ2v) is 9.74. The minimum atomic E-state index is -1.66. The van der Waals surface area contributed by atoms with Gasteiger partial charge in [-0.05, 0) is 36.4 Å². The molecule has 5 rings (SSSR count). The highest BCUT2D eigenvalue weighted by molar-refractivity contribution is 6.42. The summed E-state index contributed by atoms with van der Waals surface area (Å²) in [6.45, 7) is 0. The zero-order chi connectivity index (χ0) is 26.6. The Morgan fingerprint density at radius 2 is 1.08 bits per heavy atom. The van der Waals surface area contributed by atoms with Crippen LogP contribution in [0.25, 0.3) is 0 Å². The van der Waals surface area contributed by atoms with E-state index in [2.05, 4.69) is 0 Å². The highest BCUT2D eigenvalue weighted by Crippen LogP contribution is 2.58. The number of esters is 1. The van der Waals surface area contributed by atoms with E-state index in [1.807, 2.05) is 24.3 Å². The number of fused-ring (bicyclic) bond motifs is 6. The Morgan fingerprint density at radius 3 is 1.54 bits per heavy atom. The zero-order valence-corrected chi connectivity index (χ0v) is 21.2. The van der Waals surface area contributed by atoms with Crippen molar-refractivity contribution in [3.63, 3.8) is 0 Å². The molecular weight excluding hydrogens is 558 g/mol. The number of rotatable bonds is 2. The number of hydrogen-bond acceptors (Lipinski definition) is 7. The minimum absolute atomic E-state index is 0.0691. The van der Waals surface area contributed by atoms with Crippen LogP contribution in [-0.2, 0) is 10.3 Å². The second kappa shape index (κ2) is 8.86. The molecule has 0 unspecified atom stereocenters. The fourth-order valence-electron chi connectivity index (χ4n) is 4.56. The first-order chi connectivity index (χ1) is 17.7. The van der Waals surface area contributed by atoms with E-state index in [0.717, 1.165) is 0 Å². The third-order valence-corrected chi connectivity index (χ3v) is 7.60. The molecule has 7 nitrogen and oxygen atoms in total. The van der Waals surface area contributed by atoms with Crippen molar-refractivity contribution >= 4 is 52.4 Å². The number of carbonyl (C=O) groups excluding carboxylic acids is 1. The maximum absolute atomic E-state index is 13.1. The lowest BCUT2D eigenvalue weighted by molar-refractivity contribution is 0.0224. The van der Waals surface area contributed by atoms with E-state index in [0.29, 0.717) is 5.56 Å². The summed E-state index contributed by atoms with van der Waals surface area (Å²) < 4.78 is 12.2. The molecule has 178 valence electrons. The summed E-state index contributed by atoms with van der Waals surface area (Å²) in [6, 6.07) is 16.1. The van der Waals surface area contributed by atoms with Crippen LogP contribution in [0.5, 0.6) is 11.5 Å². The summed E-state index contributed by atoms with van der Waals surface area (Å²) in [5, 5.41) is 38.2. The quantitative estimate of drug-likeness (QED) is 0.302. The van der Waals surface area contributed by atoms with Gasteiger partial charge >= 0.3 is 5.97 Å². The van der Waals surface area contributed by atoms with Crippen LogP contribution in [0.15, 0.2) is 36.4 Å². The lowest BCUT2D eigenvalue weighted by Gasteiger charge is -2.37. The van der Waals surface area contributed by atoms with Gasteiger partial charge in [-0.3, -0.25) is 0 Å². The third kappa shape index (κ3) is 3.49. The normalized spacial score (nSPS) is 13.9. The minimum Gasteiger partial charge on any atom is -0.456 e. The lowest BCUT2D eigenvalue weighted by atomic mass is 9.76. The molecule has 0 aliphatic carbocycles. The van der Waals surface area contributed by atoms with Crippen molar-refractivity contribution in [2.24, 2.45) is 0 Å². The van der Waals surface area contributed by atoms with Gasteiger partial charge < -0.3 is 9.47 Å². The summed E-state index contributed by atoms with van der Waals surface area (Å²) >= 11 is 25.6. The number of ether oxygens (including phenoxy) is 2. The third-order valence-electron chi connectivity index (χ3n) is 6.22. The molecule has 11 heteroatoms. The first-order valence-corrected chi connectivity index (χ1v) is 11.9. The lowest BCUT2D eigenvalue weighted by Crippen LogP contribution is -2.33. The van der Waals surface area contributed by atoms with Gasteiger partial charge in [0.1, 0.15) is 11.5 Å². The van der Waals surface area contributed by atoms with Crippen LogP contribution in [0, 0.1) is 45.3 Å². The Balaban J connectivity index is 1.90. The predicted octanol–water partition coefficient (Wildman–Crippen LogP) is 7.13. The van der Waals surface area contributed by atoms with Crippen molar-refractivity contribution in [1.29, 1.82) is 21.0 Å². The van der Waals surface area contributed by atoms with E-state index >= 15 is 0 Å². The van der Waals surface area contributed by atoms with Crippen molar-refractivity contribution in [2.75, 3.05) is 0 Å². The first-order valence-electron chi connectivity index (χ1n) is 10.4. The first kappa shape index (κ1) is 24.7. The maximum atomic E-state index is 13.1. The standard InChI is InChI=1S/C26H8Cl4N4O3/c27-19-5-17-23(2-13(19)11(7-31)8-32)36-24-3-14(12(9-33)10-34)20(28)6-18(24)26(17)16-4-22(30)21(29)1-15(16)25(35)37-26/h1-6,11-12H. The fraction of sp³-hybridized carbons (Fsp3) is 0.115. The van der Waals surface area contributed by atoms with Gasteiger partial charge in [0.15, 0.2) is 17.4 Å². The predicted molar refractivity (Wildman–Crippen MR) is 133 cm³/mol. The SMILES string of the molecule is N#CC(C#N)c1cc2c(cc1Cl)C1(OC(=O)c3cc(Cl)c(Cl)cc31)c1cc(Cl)c(C(C#N)C#N)cc1O2. The highest BCUT2D eigenvalue weighted by Gasteiger charge is 2.54. The van der Waals surface area contributed by atoms with Crippen molar-refractivity contribution in [1.82, 2.24) is 0 Å². The van der Waals surface area contributed by atoms with Gasteiger partial charge in [-0.2, -0.15) is 21.0 Å². The van der Waals surface area contributed by atoms with Crippen LogP contribution in [0.4, 0.5) is 0 Å². The number of nitrogens with zero attached hydrogens (tertiary/aromatic N) is 4. The molecule has 2 aliphatic heterocycles. The molecule has 0 atom stereocenters. The van der Waals surface area contributed by atoms with Crippen molar-refractivity contribution in [3.05, 3.63) is 89.9 Å². The van der Waals surface area contributed by atoms with E-state index in [1.165, 1.54) is 36.4 Å². The number of benzene rings is 3. The molecule has 0 radical (unpaired) electrons. The maximum Gasteiger partial charge on any atom is 0.340 e. The smallest absolute Gasteiger partial charge is 0.340 e. The Bertz CT molecular complexity index is 1610. The molecule has 2 heterocycles.